The molecule has 1 saturated carbocycles. The normalized spacial score (nSPS) is 21.5. The van der Waals surface area contributed by atoms with Crippen molar-refractivity contribution in [1.82, 2.24) is 0 Å². The number of nitrogens with two attached hydrogens (primary N) is 1. The fourth-order valence-electron chi connectivity index (χ4n) is 2.33. The van der Waals surface area contributed by atoms with Crippen molar-refractivity contribution in [3.8, 4) is 5.75 Å². The van der Waals surface area contributed by atoms with Gasteiger partial charge >= 0.3 is 6.18 Å². The molecule has 1 aliphatic rings. The van der Waals surface area contributed by atoms with Crippen molar-refractivity contribution in [2.75, 3.05) is 6.61 Å². The molecular formula is C15H16F3NO2. The molecule has 1 aliphatic carbocycles. The van der Waals surface area contributed by atoms with Crippen molar-refractivity contribution >= 4 is 5.91 Å². The molecule has 0 unspecified atom stereocenters. The summed E-state index contributed by atoms with van der Waals surface area (Å²) in [6, 6.07) is 4.80. The van der Waals surface area contributed by atoms with Gasteiger partial charge in [-0.15, -0.1) is 0 Å². The third-order valence-electron chi connectivity index (χ3n) is 3.69. The summed E-state index contributed by atoms with van der Waals surface area (Å²) in [5.74, 6) is -0.0301. The Hall–Kier alpha value is -1.98. The van der Waals surface area contributed by atoms with Gasteiger partial charge in [0.25, 0.3) is 0 Å². The zero-order valence-corrected chi connectivity index (χ0v) is 11.3. The van der Waals surface area contributed by atoms with Crippen LogP contribution in [0, 0.1) is 11.8 Å². The molecule has 0 heterocycles. The molecule has 0 aliphatic heterocycles. The average Bonchev–Trinajstić information content (AvgIpc) is 2.35. The lowest BCUT2D eigenvalue weighted by Crippen LogP contribution is -2.33. The Bertz CT molecular complexity index is 548. The summed E-state index contributed by atoms with van der Waals surface area (Å²) >= 11 is 0. The number of hydrogen-bond acceptors (Lipinski definition) is 2. The van der Waals surface area contributed by atoms with E-state index in [2.05, 4.69) is 6.58 Å². The zero-order chi connectivity index (χ0) is 15.6. The first-order chi connectivity index (χ1) is 9.77. The topological polar surface area (TPSA) is 52.3 Å². The highest BCUT2D eigenvalue weighted by molar-refractivity contribution is 5.91. The lowest BCUT2D eigenvalue weighted by Gasteiger charge is -2.35. The number of carbonyl (C=O) groups is 1. The van der Waals surface area contributed by atoms with E-state index in [1.165, 1.54) is 12.1 Å². The number of benzene rings is 1. The summed E-state index contributed by atoms with van der Waals surface area (Å²) in [7, 11) is 0. The van der Waals surface area contributed by atoms with Crippen LogP contribution in [0.1, 0.15) is 18.4 Å². The predicted molar refractivity (Wildman–Crippen MR) is 71.5 cm³/mol. The maximum absolute atomic E-state index is 12.6. The van der Waals surface area contributed by atoms with Gasteiger partial charge in [0.1, 0.15) is 5.75 Å². The zero-order valence-electron chi connectivity index (χ0n) is 11.3. The molecule has 0 aromatic heterocycles. The highest BCUT2D eigenvalue weighted by Gasteiger charge is 2.34. The molecule has 0 saturated heterocycles. The molecule has 21 heavy (non-hydrogen) atoms. The molecule has 6 heteroatoms. The Kier molecular flexibility index (Phi) is 4.25. The van der Waals surface area contributed by atoms with Crippen molar-refractivity contribution in [2.24, 2.45) is 17.6 Å². The Morgan fingerprint density at radius 3 is 2.62 bits per heavy atom. The number of rotatable bonds is 5. The molecule has 114 valence electrons. The van der Waals surface area contributed by atoms with Crippen molar-refractivity contribution < 1.29 is 22.7 Å². The minimum Gasteiger partial charge on any atom is -0.493 e. The third-order valence-corrected chi connectivity index (χ3v) is 3.69. The lowest BCUT2D eigenvalue weighted by atomic mass is 9.71. The van der Waals surface area contributed by atoms with Gasteiger partial charge in [0.05, 0.1) is 12.2 Å². The Labute approximate surface area is 120 Å². The smallest absolute Gasteiger partial charge is 0.416 e. The molecule has 3 nitrogen and oxygen atoms in total. The molecule has 1 amide bonds. The molecule has 0 bridgehead atoms. The Balaban J connectivity index is 1.83. The van der Waals surface area contributed by atoms with Crippen molar-refractivity contribution in [2.45, 2.75) is 19.0 Å². The van der Waals surface area contributed by atoms with Gasteiger partial charge in [0.15, 0.2) is 0 Å². The number of ether oxygens (including phenoxy) is 1. The minimum atomic E-state index is -4.37. The van der Waals surface area contributed by atoms with Crippen LogP contribution in [-0.4, -0.2) is 12.5 Å². The maximum atomic E-state index is 12.6. The van der Waals surface area contributed by atoms with E-state index in [9.17, 15) is 18.0 Å². The molecule has 2 N–H and O–H groups in total. The van der Waals surface area contributed by atoms with Crippen LogP contribution in [0.4, 0.5) is 13.2 Å². The second-order valence-electron chi connectivity index (χ2n) is 5.26. The number of amides is 1. The summed E-state index contributed by atoms with van der Waals surface area (Å²) in [5, 5.41) is 0. The van der Waals surface area contributed by atoms with Crippen LogP contribution in [0.15, 0.2) is 36.4 Å². The standard InChI is InChI=1S/C15H16F3NO2/c1-9(14(19)20)11-5-10(6-11)8-21-13-4-2-3-12(7-13)15(16,17)18/h2-4,7,10-11H,1,5-6,8H2,(H2,19,20). The van der Waals surface area contributed by atoms with Gasteiger partial charge in [-0.05, 0) is 42.9 Å². The van der Waals surface area contributed by atoms with E-state index in [0.29, 0.717) is 12.2 Å². The lowest BCUT2D eigenvalue weighted by molar-refractivity contribution is -0.137. The quantitative estimate of drug-likeness (QED) is 0.849. The van der Waals surface area contributed by atoms with Crippen LogP contribution in [0.5, 0.6) is 5.75 Å². The van der Waals surface area contributed by atoms with Crippen LogP contribution in [0.3, 0.4) is 0 Å². The summed E-state index contributed by atoms with van der Waals surface area (Å²) in [4.78, 5) is 10.9. The van der Waals surface area contributed by atoms with Crippen molar-refractivity contribution in [1.29, 1.82) is 0 Å². The SMILES string of the molecule is C=C(C(N)=O)C1CC(COc2cccc(C(F)(F)F)c2)C1. The highest BCUT2D eigenvalue weighted by Crippen LogP contribution is 2.38. The fourth-order valence-corrected chi connectivity index (χ4v) is 2.33. The molecule has 0 atom stereocenters. The molecular weight excluding hydrogens is 283 g/mol. The van der Waals surface area contributed by atoms with Gasteiger partial charge in [-0.1, -0.05) is 12.6 Å². The minimum absolute atomic E-state index is 0.0672. The second kappa shape index (κ2) is 5.79. The summed E-state index contributed by atoms with van der Waals surface area (Å²) < 4.78 is 43.0. The number of primary amides is 1. The van der Waals surface area contributed by atoms with Gasteiger partial charge in [-0.25, -0.2) is 0 Å². The molecule has 2 rings (SSSR count). The van der Waals surface area contributed by atoms with Crippen LogP contribution in [0.2, 0.25) is 0 Å². The van der Waals surface area contributed by atoms with Crippen molar-refractivity contribution in [3.63, 3.8) is 0 Å². The summed E-state index contributed by atoms with van der Waals surface area (Å²) in [6.07, 6.45) is -2.93. The number of alkyl halides is 3. The number of hydrogen-bond donors (Lipinski definition) is 1. The van der Waals surface area contributed by atoms with Crippen LogP contribution >= 0.6 is 0 Å². The Morgan fingerprint density at radius 2 is 2.05 bits per heavy atom. The maximum Gasteiger partial charge on any atom is 0.416 e. The van der Waals surface area contributed by atoms with Gasteiger partial charge in [0, 0.05) is 5.57 Å². The van der Waals surface area contributed by atoms with E-state index >= 15 is 0 Å². The highest BCUT2D eigenvalue weighted by atomic mass is 19.4. The van der Waals surface area contributed by atoms with Crippen LogP contribution in [0.25, 0.3) is 0 Å². The molecule has 1 aromatic rings. The van der Waals surface area contributed by atoms with Crippen LogP contribution < -0.4 is 10.5 Å². The van der Waals surface area contributed by atoms with Gasteiger partial charge in [0.2, 0.25) is 5.91 Å². The van der Waals surface area contributed by atoms with Gasteiger partial charge in [-0.2, -0.15) is 13.2 Å². The predicted octanol–water partition coefficient (Wildman–Crippen LogP) is 3.15. The molecule has 1 fully saturated rings. The first kappa shape index (κ1) is 15.4. The first-order valence-corrected chi connectivity index (χ1v) is 6.56. The number of carbonyl (C=O) groups excluding carboxylic acids is 1. The van der Waals surface area contributed by atoms with E-state index in [0.717, 1.165) is 25.0 Å². The van der Waals surface area contributed by atoms with Crippen molar-refractivity contribution in [3.05, 3.63) is 42.0 Å². The fraction of sp³-hybridized carbons (Fsp3) is 0.400. The molecule has 0 radical (unpaired) electrons. The Morgan fingerprint density at radius 1 is 1.38 bits per heavy atom. The third kappa shape index (κ3) is 3.77. The number of halogens is 3. The van der Waals surface area contributed by atoms with E-state index in [1.807, 2.05) is 0 Å². The average molecular weight is 299 g/mol. The molecule has 1 aromatic carbocycles. The largest absolute Gasteiger partial charge is 0.493 e. The second-order valence-corrected chi connectivity index (χ2v) is 5.26. The van der Waals surface area contributed by atoms with E-state index < -0.39 is 17.6 Å². The molecule has 0 spiro atoms. The van der Waals surface area contributed by atoms with E-state index in [4.69, 9.17) is 10.5 Å². The summed E-state index contributed by atoms with van der Waals surface area (Å²) in [6.45, 7) is 3.95. The van der Waals surface area contributed by atoms with Gasteiger partial charge < -0.3 is 10.5 Å². The van der Waals surface area contributed by atoms with E-state index in [1.54, 1.807) is 0 Å². The monoisotopic (exact) mass is 299 g/mol. The first-order valence-electron chi connectivity index (χ1n) is 6.56. The van der Waals surface area contributed by atoms with E-state index in [-0.39, 0.29) is 17.6 Å². The van der Waals surface area contributed by atoms with Crippen LogP contribution in [-0.2, 0) is 11.0 Å². The summed E-state index contributed by atoms with van der Waals surface area (Å²) in [5.41, 5.74) is 4.82. The van der Waals surface area contributed by atoms with Gasteiger partial charge in [-0.3, -0.25) is 4.79 Å².